The summed E-state index contributed by atoms with van der Waals surface area (Å²) in [5, 5.41) is 11.4. The van der Waals surface area contributed by atoms with Crippen LogP contribution in [0.25, 0.3) is 0 Å². The van der Waals surface area contributed by atoms with Crippen LogP contribution in [0.4, 0.5) is 0 Å². The maximum atomic E-state index is 11.4. The van der Waals surface area contributed by atoms with E-state index in [0.717, 1.165) is 0 Å². The second-order valence-corrected chi connectivity index (χ2v) is 6.68. The Hall–Kier alpha value is -1.31. The van der Waals surface area contributed by atoms with Gasteiger partial charge in [-0.15, -0.1) is 0 Å². The van der Waals surface area contributed by atoms with Crippen molar-refractivity contribution in [1.29, 1.82) is 0 Å². The molecule has 1 aromatic carbocycles. The molecule has 3 atom stereocenters. The van der Waals surface area contributed by atoms with E-state index in [1.807, 2.05) is 0 Å². The van der Waals surface area contributed by atoms with Crippen LogP contribution in [0.2, 0.25) is 0 Å². The molecule has 1 aliphatic rings. The molecule has 1 fully saturated rings. The molecule has 1 aliphatic carbocycles. The van der Waals surface area contributed by atoms with Gasteiger partial charge in [-0.2, -0.15) is 0 Å². The third-order valence-corrected chi connectivity index (χ3v) is 5.27. The molecule has 2 nitrogen and oxygen atoms in total. The Labute approximate surface area is 115 Å². The summed E-state index contributed by atoms with van der Waals surface area (Å²) >= 11 is 0. The molecule has 0 N–H and O–H groups in total. The molecular formula is C17H23O2-. The summed E-state index contributed by atoms with van der Waals surface area (Å²) in [6.07, 6.45) is 0.695. The molecule has 0 saturated heterocycles. The van der Waals surface area contributed by atoms with Crippen molar-refractivity contribution in [3.05, 3.63) is 34.9 Å². The van der Waals surface area contributed by atoms with Gasteiger partial charge in [0, 0.05) is 11.9 Å². The van der Waals surface area contributed by atoms with Crippen molar-refractivity contribution in [3.63, 3.8) is 0 Å². The van der Waals surface area contributed by atoms with Gasteiger partial charge < -0.3 is 9.90 Å². The molecule has 0 unspecified atom stereocenters. The number of carbonyl (C=O) groups is 1. The monoisotopic (exact) mass is 259 g/mol. The maximum Gasteiger partial charge on any atom is 0.0450 e. The SMILES string of the molecule is Cc1ccc([C@@H]2C[C@@H](C(=O)[O-])C(C)(C)[C@H]2C)c(C)c1. The maximum absolute atomic E-state index is 11.4. The molecule has 0 aliphatic heterocycles. The minimum atomic E-state index is -0.899. The lowest BCUT2D eigenvalue weighted by Crippen LogP contribution is -2.38. The van der Waals surface area contributed by atoms with Crippen molar-refractivity contribution in [1.82, 2.24) is 0 Å². The summed E-state index contributed by atoms with van der Waals surface area (Å²) in [5.74, 6) is -0.590. The van der Waals surface area contributed by atoms with E-state index in [-0.39, 0.29) is 11.3 Å². The van der Waals surface area contributed by atoms with E-state index < -0.39 is 5.97 Å². The molecular weight excluding hydrogens is 236 g/mol. The van der Waals surface area contributed by atoms with Crippen molar-refractivity contribution in [2.75, 3.05) is 0 Å². The van der Waals surface area contributed by atoms with E-state index in [9.17, 15) is 9.90 Å². The van der Waals surface area contributed by atoms with Crippen molar-refractivity contribution >= 4 is 5.97 Å². The molecule has 0 aromatic heterocycles. The largest absolute Gasteiger partial charge is 0.550 e. The van der Waals surface area contributed by atoms with Gasteiger partial charge in [-0.1, -0.05) is 44.5 Å². The van der Waals surface area contributed by atoms with E-state index >= 15 is 0 Å². The van der Waals surface area contributed by atoms with Crippen molar-refractivity contribution in [2.45, 2.75) is 47.0 Å². The Kier molecular flexibility index (Phi) is 3.46. The number of carbonyl (C=O) groups excluding carboxylic acids is 1. The number of rotatable bonds is 2. The van der Waals surface area contributed by atoms with E-state index in [2.05, 4.69) is 52.8 Å². The van der Waals surface area contributed by atoms with Gasteiger partial charge in [-0.25, -0.2) is 0 Å². The first-order valence-electron chi connectivity index (χ1n) is 7.03. The molecule has 1 aromatic rings. The molecule has 0 heterocycles. The number of carboxylic acid groups (broad SMARTS) is 1. The molecule has 104 valence electrons. The Morgan fingerprint density at radius 3 is 2.42 bits per heavy atom. The number of benzene rings is 1. The smallest absolute Gasteiger partial charge is 0.0450 e. The highest BCUT2D eigenvalue weighted by Crippen LogP contribution is 2.54. The summed E-state index contributed by atoms with van der Waals surface area (Å²) in [4.78, 5) is 11.4. The fourth-order valence-corrected chi connectivity index (χ4v) is 3.64. The van der Waals surface area contributed by atoms with Crippen LogP contribution in [-0.2, 0) is 4.79 Å². The van der Waals surface area contributed by atoms with Crippen LogP contribution in [0.5, 0.6) is 0 Å². The van der Waals surface area contributed by atoms with Gasteiger partial charge in [0.1, 0.15) is 0 Å². The van der Waals surface area contributed by atoms with Crippen molar-refractivity contribution in [3.8, 4) is 0 Å². The Morgan fingerprint density at radius 1 is 1.32 bits per heavy atom. The van der Waals surface area contributed by atoms with E-state index in [1.165, 1.54) is 16.7 Å². The molecule has 2 heteroatoms. The first-order valence-corrected chi connectivity index (χ1v) is 7.03. The van der Waals surface area contributed by atoms with Gasteiger partial charge >= 0.3 is 0 Å². The molecule has 0 spiro atoms. The van der Waals surface area contributed by atoms with Crippen LogP contribution in [0.15, 0.2) is 18.2 Å². The number of carboxylic acids is 1. The topological polar surface area (TPSA) is 40.1 Å². The van der Waals surface area contributed by atoms with Crippen LogP contribution < -0.4 is 5.11 Å². The van der Waals surface area contributed by atoms with E-state index in [0.29, 0.717) is 18.3 Å². The lowest BCUT2D eigenvalue weighted by atomic mass is 9.74. The third kappa shape index (κ3) is 2.29. The van der Waals surface area contributed by atoms with Gasteiger partial charge in [-0.05, 0) is 48.6 Å². The predicted molar refractivity (Wildman–Crippen MR) is 74.7 cm³/mol. The Balaban J connectivity index is 2.39. The zero-order valence-electron chi connectivity index (χ0n) is 12.5. The zero-order chi connectivity index (χ0) is 14.4. The van der Waals surface area contributed by atoms with Gasteiger partial charge in [-0.3, -0.25) is 0 Å². The second-order valence-electron chi connectivity index (χ2n) is 6.68. The fourth-order valence-electron chi connectivity index (χ4n) is 3.64. The first kappa shape index (κ1) is 14.1. The molecule has 2 rings (SSSR count). The summed E-state index contributed by atoms with van der Waals surface area (Å²) < 4.78 is 0. The summed E-state index contributed by atoms with van der Waals surface area (Å²) in [7, 11) is 0. The average molecular weight is 259 g/mol. The summed E-state index contributed by atoms with van der Waals surface area (Å²) in [6.45, 7) is 10.5. The minimum absolute atomic E-state index is 0.208. The highest BCUT2D eigenvalue weighted by molar-refractivity contribution is 5.69. The van der Waals surface area contributed by atoms with Gasteiger partial charge in [0.25, 0.3) is 0 Å². The van der Waals surface area contributed by atoms with Crippen LogP contribution in [0.3, 0.4) is 0 Å². The predicted octanol–water partition coefficient (Wildman–Crippen LogP) is 2.82. The normalized spacial score (nSPS) is 29.4. The third-order valence-electron chi connectivity index (χ3n) is 5.27. The molecule has 19 heavy (non-hydrogen) atoms. The minimum Gasteiger partial charge on any atom is -0.550 e. The fraction of sp³-hybridized carbons (Fsp3) is 0.588. The number of aryl methyl sites for hydroxylation is 2. The Bertz CT molecular complexity index is 502. The molecule has 0 radical (unpaired) electrons. The quantitative estimate of drug-likeness (QED) is 0.819. The molecule has 1 saturated carbocycles. The van der Waals surface area contributed by atoms with Gasteiger partial charge in [0.05, 0.1) is 0 Å². The lowest BCUT2D eigenvalue weighted by Gasteiger charge is -2.32. The second kappa shape index (κ2) is 4.66. The first-order chi connectivity index (χ1) is 8.75. The van der Waals surface area contributed by atoms with Crippen LogP contribution in [0.1, 0.15) is 49.8 Å². The average Bonchev–Trinajstić information content (AvgIpc) is 2.52. The molecule has 0 amide bonds. The molecule has 0 bridgehead atoms. The summed E-state index contributed by atoms with van der Waals surface area (Å²) in [6, 6.07) is 6.47. The lowest BCUT2D eigenvalue weighted by molar-refractivity contribution is -0.314. The Morgan fingerprint density at radius 2 is 1.95 bits per heavy atom. The van der Waals surface area contributed by atoms with Crippen LogP contribution in [0, 0.1) is 31.1 Å². The summed E-state index contributed by atoms with van der Waals surface area (Å²) in [5.41, 5.74) is 3.62. The number of hydrogen-bond acceptors (Lipinski definition) is 2. The van der Waals surface area contributed by atoms with Crippen LogP contribution >= 0.6 is 0 Å². The van der Waals surface area contributed by atoms with E-state index in [1.54, 1.807) is 0 Å². The van der Waals surface area contributed by atoms with Gasteiger partial charge in [0.15, 0.2) is 0 Å². The van der Waals surface area contributed by atoms with Crippen molar-refractivity contribution < 1.29 is 9.90 Å². The standard InChI is InChI=1S/C17H24O2/c1-10-6-7-13(11(2)8-10)14-9-15(16(18)19)17(4,5)12(14)3/h6-8,12,14-15H,9H2,1-5H3,(H,18,19)/p-1/t12-,14+,15-/m0/s1. The number of aliphatic carboxylic acids is 1. The highest BCUT2D eigenvalue weighted by atomic mass is 16.4. The van der Waals surface area contributed by atoms with E-state index in [4.69, 9.17) is 0 Å². The van der Waals surface area contributed by atoms with Crippen LogP contribution in [-0.4, -0.2) is 5.97 Å². The van der Waals surface area contributed by atoms with Crippen molar-refractivity contribution in [2.24, 2.45) is 17.3 Å². The number of hydrogen-bond donors (Lipinski definition) is 0. The zero-order valence-corrected chi connectivity index (χ0v) is 12.5. The highest BCUT2D eigenvalue weighted by Gasteiger charge is 2.47. The van der Waals surface area contributed by atoms with Gasteiger partial charge in [0.2, 0.25) is 0 Å².